The summed E-state index contributed by atoms with van der Waals surface area (Å²) in [5.74, 6) is 0.446. The molecule has 0 fully saturated rings. The topological polar surface area (TPSA) is 34.2 Å². The average molecular weight is 309 g/mol. The monoisotopic (exact) mass is 308 g/mol. The number of pyridine rings is 1. The Kier molecular flexibility index (Phi) is 5.53. The molecule has 0 radical (unpaired) electrons. The highest BCUT2D eigenvalue weighted by Gasteiger charge is 2.09. The van der Waals surface area contributed by atoms with Crippen LogP contribution in [0, 0.1) is 11.7 Å². The van der Waals surface area contributed by atoms with E-state index in [1.54, 1.807) is 24.4 Å². The zero-order valence-electron chi connectivity index (χ0n) is 12.1. The summed E-state index contributed by atoms with van der Waals surface area (Å²) in [7, 11) is 0. The summed E-state index contributed by atoms with van der Waals surface area (Å²) in [6.45, 7) is 5.89. The van der Waals surface area contributed by atoms with E-state index in [2.05, 4.69) is 24.1 Å². The second kappa shape index (κ2) is 7.38. The van der Waals surface area contributed by atoms with Crippen molar-refractivity contribution in [3.63, 3.8) is 0 Å². The number of halogens is 2. The van der Waals surface area contributed by atoms with E-state index in [-0.39, 0.29) is 11.6 Å². The highest BCUT2D eigenvalue weighted by Crippen LogP contribution is 2.29. The Hall–Kier alpha value is -1.65. The minimum absolute atomic E-state index is 0.109. The zero-order chi connectivity index (χ0) is 15.2. The van der Waals surface area contributed by atoms with Crippen LogP contribution in [0.1, 0.15) is 19.4 Å². The maximum atomic E-state index is 13.5. The molecule has 0 aliphatic rings. The fourth-order valence-corrected chi connectivity index (χ4v) is 2.00. The molecule has 2 rings (SSSR count). The molecule has 1 aromatic carbocycles. The number of hydrogen-bond donors (Lipinski definition) is 1. The lowest BCUT2D eigenvalue weighted by atomic mass is 10.2. The van der Waals surface area contributed by atoms with Gasteiger partial charge in [0.15, 0.2) is 11.6 Å². The van der Waals surface area contributed by atoms with Gasteiger partial charge in [-0.25, -0.2) is 9.37 Å². The van der Waals surface area contributed by atoms with Crippen molar-refractivity contribution in [3.8, 4) is 11.6 Å². The van der Waals surface area contributed by atoms with Gasteiger partial charge in [0, 0.05) is 12.7 Å². The second-order valence-corrected chi connectivity index (χ2v) is 5.59. The van der Waals surface area contributed by atoms with Gasteiger partial charge in [-0.05, 0) is 36.2 Å². The third-order valence-corrected chi connectivity index (χ3v) is 3.06. The summed E-state index contributed by atoms with van der Waals surface area (Å²) >= 11 is 6.14. The lowest BCUT2D eigenvalue weighted by molar-refractivity contribution is 0.427. The van der Waals surface area contributed by atoms with E-state index >= 15 is 0 Å². The van der Waals surface area contributed by atoms with Gasteiger partial charge in [0.1, 0.15) is 5.02 Å². The van der Waals surface area contributed by atoms with Crippen molar-refractivity contribution in [2.45, 2.75) is 20.4 Å². The first-order valence-corrected chi connectivity index (χ1v) is 7.21. The van der Waals surface area contributed by atoms with Gasteiger partial charge in [-0.15, -0.1) is 0 Å². The Bertz CT molecular complexity index is 605. The van der Waals surface area contributed by atoms with E-state index in [0.29, 0.717) is 17.5 Å². The third-order valence-electron chi connectivity index (χ3n) is 2.79. The molecule has 0 spiro atoms. The normalized spacial score (nSPS) is 10.9. The summed E-state index contributed by atoms with van der Waals surface area (Å²) in [5.41, 5.74) is 0.960. The van der Waals surface area contributed by atoms with Crippen LogP contribution in [0.4, 0.5) is 4.39 Å². The third kappa shape index (κ3) is 4.69. The number of benzene rings is 1. The van der Waals surface area contributed by atoms with Crippen molar-refractivity contribution in [1.82, 2.24) is 10.3 Å². The first-order valence-electron chi connectivity index (χ1n) is 6.84. The lowest BCUT2D eigenvalue weighted by Gasteiger charge is -2.10. The van der Waals surface area contributed by atoms with Gasteiger partial charge in [-0.2, -0.15) is 0 Å². The van der Waals surface area contributed by atoms with Gasteiger partial charge < -0.3 is 10.1 Å². The van der Waals surface area contributed by atoms with Gasteiger partial charge in [0.2, 0.25) is 5.88 Å². The molecule has 5 heteroatoms. The Balaban J connectivity index is 2.04. The Morgan fingerprint density at radius 2 is 2.10 bits per heavy atom. The van der Waals surface area contributed by atoms with Crippen LogP contribution in [-0.2, 0) is 6.54 Å². The number of nitrogens with zero attached hydrogens (tertiary/aromatic N) is 1. The maximum absolute atomic E-state index is 13.5. The minimum atomic E-state index is -0.446. The van der Waals surface area contributed by atoms with Gasteiger partial charge >= 0.3 is 0 Å². The summed E-state index contributed by atoms with van der Waals surface area (Å²) in [5, 5.41) is 3.67. The SMILES string of the molecule is CC(C)CNCc1cnc(Oc2ccccc2F)c(Cl)c1. The van der Waals surface area contributed by atoms with Crippen molar-refractivity contribution < 1.29 is 9.13 Å². The summed E-state index contributed by atoms with van der Waals surface area (Å²) in [4.78, 5) is 4.15. The molecule has 2 aromatic rings. The highest BCUT2D eigenvalue weighted by molar-refractivity contribution is 6.31. The fraction of sp³-hybridized carbons (Fsp3) is 0.312. The molecule has 1 aromatic heterocycles. The number of aromatic nitrogens is 1. The molecule has 0 bridgehead atoms. The molecule has 1 N–H and O–H groups in total. The van der Waals surface area contributed by atoms with Crippen molar-refractivity contribution in [1.29, 1.82) is 0 Å². The fourth-order valence-electron chi connectivity index (χ4n) is 1.77. The number of hydrogen-bond acceptors (Lipinski definition) is 3. The zero-order valence-corrected chi connectivity index (χ0v) is 12.8. The van der Waals surface area contributed by atoms with Crippen LogP contribution < -0.4 is 10.1 Å². The minimum Gasteiger partial charge on any atom is -0.434 e. The standard InChI is InChI=1S/C16H18ClFN2O/c1-11(2)8-19-9-12-7-13(17)16(20-10-12)21-15-6-4-3-5-14(15)18/h3-7,10-11,19H,8-9H2,1-2H3. The molecule has 0 aliphatic heterocycles. The van der Waals surface area contributed by atoms with Gasteiger partial charge in [0.05, 0.1) is 0 Å². The predicted octanol–water partition coefficient (Wildman–Crippen LogP) is 4.41. The van der Waals surface area contributed by atoms with Crippen LogP contribution in [0.5, 0.6) is 11.6 Å². The molecule has 0 atom stereocenters. The van der Waals surface area contributed by atoms with Crippen molar-refractivity contribution in [2.75, 3.05) is 6.54 Å². The van der Waals surface area contributed by atoms with E-state index in [4.69, 9.17) is 16.3 Å². The first-order chi connectivity index (χ1) is 10.1. The molecule has 0 amide bonds. The van der Waals surface area contributed by atoms with Gasteiger partial charge in [-0.3, -0.25) is 0 Å². The van der Waals surface area contributed by atoms with Crippen LogP contribution in [0.15, 0.2) is 36.5 Å². The highest BCUT2D eigenvalue weighted by atomic mass is 35.5. The quantitative estimate of drug-likeness (QED) is 0.858. The molecule has 3 nitrogen and oxygen atoms in total. The van der Waals surface area contributed by atoms with E-state index < -0.39 is 5.82 Å². The van der Waals surface area contributed by atoms with E-state index in [0.717, 1.165) is 12.1 Å². The Morgan fingerprint density at radius 1 is 1.33 bits per heavy atom. The van der Waals surface area contributed by atoms with Gasteiger partial charge in [0.25, 0.3) is 0 Å². The molecular formula is C16H18ClFN2O. The van der Waals surface area contributed by atoms with Crippen molar-refractivity contribution in [2.24, 2.45) is 5.92 Å². The van der Waals surface area contributed by atoms with Crippen LogP contribution in [0.3, 0.4) is 0 Å². The molecule has 0 aliphatic carbocycles. The summed E-state index contributed by atoms with van der Waals surface area (Å²) < 4.78 is 18.9. The smallest absolute Gasteiger partial charge is 0.238 e. The summed E-state index contributed by atoms with van der Waals surface area (Å²) in [6.07, 6.45) is 1.68. The Labute approximate surface area is 129 Å². The van der Waals surface area contributed by atoms with E-state index in [1.165, 1.54) is 12.1 Å². The van der Waals surface area contributed by atoms with E-state index in [1.807, 2.05) is 0 Å². The van der Waals surface area contributed by atoms with Crippen LogP contribution in [0.2, 0.25) is 5.02 Å². The molecule has 0 unspecified atom stereocenters. The van der Waals surface area contributed by atoms with Crippen molar-refractivity contribution in [3.05, 3.63) is 52.9 Å². The summed E-state index contributed by atoms with van der Waals surface area (Å²) in [6, 6.07) is 7.92. The van der Waals surface area contributed by atoms with Gasteiger partial charge in [-0.1, -0.05) is 37.6 Å². The maximum Gasteiger partial charge on any atom is 0.238 e. The average Bonchev–Trinajstić information content (AvgIpc) is 2.43. The molecule has 1 heterocycles. The first kappa shape index (κ1) is 15.7. The predicted molar refractivity (Wildman–Crippen MR) is 82.3 cm³/mol. The number of ether oxygens (including phenoxy) is 1. The lowest BCUT2D eigenvalue weighted by Crippen LogP contribution is -2.19. The number of para-hydroxylation sites is 1. The number of rotatable bonds is 6. The van der Waals surface area contributed by atoms with E-state index in [9.17, 15) is 4.39 Å². The van der Waals surface area contributed by atoms with Crippen LogP contribution in [0.25, 0.3) is 0 Å². The van der Waals surface area contributed by atoms with Crippen molar-refractivity contribution >= 4 is 11.6 Å². The molecular weight excluding hydrogens is 291 g/mol. The van der Waals surface area contributed by atoms with Crippen LogP contribution >= 0.6 is 11.6 Å². The molecule has 0 saturated carbocycles. The second-order valence-electron chi connectivity index (χ2n) is 5.19. The Morgan fingerprint density at radius 3 is 2.76 bits per heavy atom. The molecule has 112 valence electrons. The number of nitrogens with one attached hydrogen (secondary N) is 1. The molecule has 21 heavy (non-hydrogen) atoms. The molecule has 0 saturated heterocycles. The van der Waals surface area contributed by atoms with Crippen LogP contribution in [-0.4, -0.2) is 11.5 Å². The largest absolute Gasteiger partial charge is 0.434 e.